The largest absolute Gasteiger partial charge is 0.491 e. The minimum atomic E-state index is -0.0555. The van der Waals surface area contributed by atoms with Gasteiger partial charge in [0.25, 0.3) is 0 Å². The molecule has 0 aliphatic carbocycles. The number of aliphatic hydroxyl groups is 1. The van der Waals surface area contributed by atoms with Crippen molar-refractivity contribution in [3.63, 3.8) is 0 Å². The average Bonchev–Trinajstić information content (AvgIpc) is 2.67. The van der Waals surface area contributed by atoms with Gasteiger partial charge in [0.05, 0.1) is 23.9 Å². The summed E-state index contributed by atoms with van der Waals surface area (Å²) in [5.41, 5.74) is 2.61. The van der Waals surface area contributed by atoms with Crippen LogP contribution in [0.25, 0.3) is 0 Å². The van der Waals surface area contributed by atoms with Gasteiger partial charge in [-0.1, -0.05) is 23.7 Å². The number of aliphatic hydroxyl groups excluding tert-OH is 1. The predicted molar refractivity (Wildman–Crippen MR) is 98.1 cm³/mol. The van der Waals surface area contributed by atoms with Gasteiger partial charge in [-0.25, -0.2) is 0 Å². The van der Waals surface area contributed by atoms with E-state index in [0.717, 1.165) is 30.9 Å². The van der Waals surface area contributed by atoms with Gasteiger partial charge in [-0.05, 0) is 35.9 Å². The maximum absolute atomic E-state index is 9.58. The zero-order valence-electron chi connectivity index (χ0n) is 13.8. The summed E-state index contributed by atoms with van der Waals surface area (Å²) in [6, 6.07) is 15.7. The molecule has 0 bridgehead atoms. The van der Waals surface area contributed by atoms with Gasteiger partial charge in [0.1, 0.15) is 18.4 Å². The van der Waals surface area contributed by atoms with Crippen molar-refractivity contribution in [3.05, 3.63) is 58.6 Å². The summed E-state index contributed by atoms with van der Waals surface area (Å²) in [5.74, 6) is 0.590. The molecule has 0 unspecified atom stereocenters. The fourth-order valence-corrected chi connectivity index (χ4v) is 3.21. The maximum Gasteiger partial charge on any atom is 0.120 e. The van der Waals surface area contributed by atoms with Crippen molar-refractivity contribution in [2.24, 2.45) is 0 Å². The summed E-state index contributed by atoms with van der Waals surface area (Å²) in [7, 11) is 0. The Balaban J connectivity index is 1.92. The number of hydrogen-bond acceptors (Lipinski definition) is 5. The lowest BCUT2D eigenvalue weighted by atomic mass is 10.0. The highest BCUT2D eigenvalue weighted by atomic mass is 35.5. The molecule has 1 atom stereocenters. The summed E-state index contributed by atoms with van der Waals surface area (Å²) < 4.78 is 5.42. The lowest BCUT2D eigenvalue weighted by molar-refractivity contribution is 0.201. The number of rotatable bonds is 5. The number of nitrogens with one attached hydrogen (secondary N) is 1. The third-order valence-corrected chi connectivity index (χ3v) is 4.51. The first-order chi connectivity index (χ1) is 12.2. The van der Waals surface area contributed by atoms with Crippen LogP contribution in [0.5, 0.6) is 5.75 Å². The van der Waals surface area contributed by atoms with Crippen LogP contribution in [0.4, 0.5) is 5.69 Å². The van der Waals surface area contributed by atoms with E-state index >= 15 is 0 Å². The van der Waals surface area contributed by atoms with Gasteiger partial charge < -0.3 is 20.1 Å². The van der Waals surface area contributed by atoms with Crippen LogP contribution in [0.2, 0.25) is 5.02 Å². The van der Waals surface area contributed by atoms with E-state index in [1.807, 2.05) is 36.4 Å². The van der Waals surface area contributed by atoms with Gasteiger partial charge in [0.15, 0.2) is 0 Å². The van der Waals surface area contributed by atoms with Crippen molar-refractivity contribution in [2.45, 2.75) is 6.04 Å². The van der Waals surface area contributed by atoms with Crippen LogP contribution in [-0.2, 0) is 0 Å². The Morgan fingerprint density at radius 3 is 2.80 bits per heavy atom. The van der Waals surface area contributed by atoms with Crippen molar-refractivity contribution in [3.8, 4) is 11.8 Å². The van der Waals surface area contributed by atoms with Crippen LogP contribution in [-0.4, -0.2) is 38.0 Å². The molecular weight excluding hydrogens is 338 g/mol. The van der Waals surface area contributed by atoms with Crippen molar-refractivity contribution in [1.82, 2.24) is 5.32 Å². The van der Waals surface area contributed by atoms with Gasteiger partial charge in [0, 0.05) is 24.7 Å². The molecule has 3 rings (SSSR count). The number of nitrogens with zero attached hydrogens (tertiary/aromatic N) is 2. The minimum Gasteiger partial charge on any atom is -0.491 e. The van der Waals surface area contributed by atoms with E-state index in [-0.39, 0.29) is 19.3 Å². The molecule has 130 valence electrons. The van der Waals surface area contributed by atoms with E-state index in [0.29, 0.717) is 16.3 Å². The van der Waals surface area contributed by atoms with E-state index < -0.39 is 0 Å². The summed E-state index contributed by atoms with van der Waals surface area (Å²) >= 11 is 6.01. The topological polar surface area (TPSA) is 68.5 Å². The van der Waals surface area contributed by atoms with E-state index in [1.54, 1.807) is 6.07 Å². The Morgan fingerprint density at radius 2 is 2.08 bits per heavy atom. The Labute approximate surface area is 152 Å². The Morgan fingerprint density at radius 1 is 1.28 bits per heavy atom. The lowest BCUT2D eigenvalue weighted by Gasteiger charge is -2.38. The third-order valence-electron chi connectivity index (χ3n) is 4.26. The minimum absolute atomic E-state index is 0.0555. The first-order valence-corrected chi connectivity index (χ1v) is 8.61. The fourth-order valence-electron chi connectivity index (χ4n) is 3.08. The van der Waals surface area contributed by atoms with Crippen molar-refractivity contribution >= 4 is 17.3 Å². The van der Waals surface area contributed by atoms with Crippen molar-refractivity contribution in [1.29, 1.82) is 5.26 Å². The second kappa shape index (κ2) is 8.21. The fraction of sp³-hybridized carbons (Fsp3) is 0.316. The molecule has 1 saturated heterocycles. The van der Waals surface area contributed by atoms with E-state index in [2.05, 4.69) is 16.3 Å². The molecule has 2 aromatic carbocycles. The highest BCUT2D eigenvalue weighted by Gasteiger charge is 2.26. The molecule has 5 nitrogen and oxygen atoms in total. The number of ether oxygens (including phenoxy) is 1. The zero-order valence-corrected chi connectivity index (χ0v) is 14.5. The van der Waals surface area contributed by atoms with Gasteiger partial charge in [-0.15, -0.1) is 0 Å². The van der Waals surface area contributed by atoms with Crippen LogP contribution >= 0.6 is 11.6 Å². The first-order valence-electron chi connectivity index (χ1n) is 8.23. The molecule has 1 fully saturated rings. The van der Waals surface area contributed by atoms with Crippen molar-refractivity contribution in [2.75, 3.05) is 37.7 Å². The summed E-state index contributed by atoms with van der Waals surface area (Å²) in [6.07, 6.45) is 0. The number of hydrogen-bond donors (Lipinski definition) is 2. The van der Waals surface area contributed by atoms with E-state index in [9.17, 15) is 5.26 Å². The highest BCUT2D eigenvalue weighted by molar-refractivity contribution is 6.30. The lowest BCUT2D eigenvalue weighted by Crippen LogP contribution is -2.46. The third kappa shape index (κ3) is 4.05. The number of nitriles is 1. The van der Waals surface area contributed by atoms with Gasteiger partial charge in [0.2, 0.25) is 0 Å². The monoisotopic (exact) mass is 357 g/mol. The summed E-state index contributed by atoms with van der Waals surface area (Å²) in [4.78, 5) is 2.24. The smallest absolute Gasteiger partial charge is 0.120 e. The molecule has 1 aliphatic rings. The SMILES string of the molecule is N#Cc1cc(OCCO)ccc1N1CCNC[C@H]1c1ccc(Cl)cc1. The molecule has 6 heteroatoms. The molecule has 0 saturated carbocycles. The quantitative estimate of drug-likeness (QED) is 0.861. The number of halogens is 1. The molecule has 25 heavy (non-hydrogen) atoms. The summed E-state index contributed by atoms with van der Waals surface area (Å²) in [5, 5.41) is 22.6. The van der Waals surface area contributed by atoms with Crippen LogP contribution in [0.1, 0.15) is 17.2 Å². The Kier molecular flexibility index (Phi) is 5.77. The normalized spacial score (nSPS) is 17.2. The molecule has 0 amide bonds. The standard InChI is InChI=1S/C19H20ClN3O2/c20-16-3-1-14(2-4-16)19-13-22-7-8-23(19)18-6-5-17(25-10-9-24)11-15(18)12-21/h1-6,11,19,22,24H,7-10,13H2/t19-/m0/s1. The van der Waals surface area contributed by atoms with Crippen molar-refractivity contribution < 1.29 is 9.84 Å². The number of benzene rings is 2. The number of anilines is 1. The average molecular weight is 358 g/mol. The second-order valence-corrected chi connectivity index (χ2v) is 6.26. The Bertz CT molecular complexity index is 758. The van der Waals surface area contributed by atoms with Crippen LogP contribution in [0, 0.1) is 11.3 Å². The summed E-state index contributed by atoms with van der Waals surface area (Å²) in [6.45, 7) is 2.62. The Hall–Kier alpha value is -2.26. The van der Waals surface area contributed by atoms with Crippen LogP contribution in [0.15, 0.2) is 42.5 Å². The van der Waals surface area contributed by atoms with E-state index in [1.165, 1.54) is 0 Å². The second-order valence-electron chi connectivity index (χ2n) is 5.83. The molecule has 0 radical (unpaired) electrons. The first kappa shape index (κ1) is 17.6. The highest BCUT2D eigenvalue weighted by Crippen LogP contribution is 2.33. The van der Waals surface area contributed by atoms with Gasteiger partial charge in [-0.3, -0.25) is 0 Å². The predicted octanol–water partition coefficient (Wildman–Crippen LogP) is 2.73. The molecule has 1 aliphatic heterocycles. The number of piperazine rings is 1. The maximum atomic E-state index is 9.58. The molecule has 1 heterocycles. The van der Waals surface area contributed by atoms with Gasteiger partial charge >= 0.3 is 0 Å². The molecular formula is C19H20ClN3O2. The molecule has 2 aromatic rings. The molecule has 0 spiro atoms. The molecule has 2 N–H and O–H groups in total. The molecule has 0 aromatic heterocycles. The van der Waals surface area contributed by atoms with Gasteiger partial charge in [-0.2, -0.15) is 5.26 Å². The van der Waals surface area contributed by atoms with Crippen LogP contribution < -0.4 is 15.0 Å². The van der Waals surface area contributed by atoms with E-state index in [4.69, 9.17) is 21.4 Å². The zero-order chi connectivity index (χ0) is 17.6. The van der Waals surface area contributed by atoms with Crippen LogP contribution in [0.3, 0.4) is 0 Å².